The standard InChI is InChI=1S/C12H11NO5/c14-6-5-8-1-3-9(4-2-8)18-12-13-10(7-17-12)11(15)16/h1-4,7,14H,5-6H2,(H,15,16). The Bertz CT molecular complexity index is 532. The number of aliphatic hydroxyl groups excluding tert-OH is 1. The normalized spacial score (nSPS) is 10.3. The summed E-state index contributed by atoms with van der Waals surface area (Å²) in [6.07, 6.45) is 1.46. The zero-order chi connectivity index (χ0) is 13.0. The zero-order valence-electron chi connectivity index (χ0n) is 9.37. The van der Waals surface area contributed by atoms with Crippen molar-refractivity contribution in [2.24, 2.45) is 0 Å². The molecule has 2 rings (SSSR count). The number of hydrogen-bond donors (Lipinski definition) is 2. The first-order valence-corrected chi connectivity index (χ1v) is 5.25. The maximum Gasteiger partial charge on any atom is 0.399 e. The van der Waals surface area contributed by atoms with Gasteiger partial charge in [-0.15, -0.1) is 0 Å². The van der Waals surface area contributed by atoms with Gasteiger partial charge in [0.1, 0.15) is 12.0 Å². The number of carboxylic acids is 1. The van der Waals surface area contributed by atoms with Gasteiger partial charge in [0, 0.05) is 6.61 Å². The monoisotopic (exact) mass is 249 g/mol. The van der Waals surface area contributed by atoms with E-state index in [2.05, 4.69) is 4.98 Å². The molecule has 1 aromatic carbocycles. The van der Waals surface area contributed by atoms with Crippen molar-refractivity contribution in [3.05, 3.63) is 41.8 Å². The minimum Gasteiger partial charge on any atom is -0.476 e. The van der Waals surface area contributed by atoms with Crippen LogP contribution in [0, 0.1) is 0 Å². The quantitative estimate of drug-likeness (QED) is 0.837. The molecule has 94 valence electrons. The van der Waals surface area contributed by atoms with Crippen LogP contribution in [0.15, 0.2) is 34.9 Å². The smallest absolute Gasteiger partial charge is 0.399 e. The summed E-state index contributed by atoms with van der Waals surface area (Å²) in [6, 6.07) is 6.98. The maximum absolute atomic E-state index is 10.6. The van der Waals surface area contributed by atoms with Gasteiger partial charge in [-0.2, -0.15) is 4.98 Å². The van der Waals surface area contributed by atoms with Gasteiger partial charge in [0.25, 0.3) is 0 Å². The van der Waals surface area contributed by atoms with E-state index in [4.69, 9.17) is 19.4 Å². The van der Waals surface area contributed by atoms with Gasteiger partial charge in [0.2, 0.25) is 0 Å². The first-order chi connectivity index (χ1) is 8.69. The average Bonchev–Trinajstić information content (AvgIpc) is 2.81. The molecule has 6 nitrogen and oxygen atoms in total. The Labute approximate surface area is 102 Å². The van der Waals surface area contributed by atoms with E-state index in [0.717, 1.165) is 11.8 Å². The number of oxazole rings is 1. The van der Waals surface area contributed by atoms with Gasteiger partial charge in [-0.1, -0.05) is 12.1 Å². The van der Waals surface area contributed by atoms with E-state index in [1.165, 1.54) is 0 Å². The fourth-order valence-electron chi connectivity index (χ4n) is 1.36. The SMILES string of the molecule is O=C(O)c1coc(Oc2ccc(CCO)cc2)n1. The molecule has 2 aromatic rings. The Hall–Kier alpha value is -2.34. The highest BCUT2D eigenvalue weighted by Gasteiger charge is 2.11. The summed E-state index contributed by atoms with van der Waals surface area (Å²) in [7, 11) is 0. The van der Waals surface area contributed by atoms with Gasteiger partial charge in [0.15, 0.2) is 5.69 Å². The van der Waals surface area contributed by atoms with Crippen LogP contribution in [0.5, 0.6) is 11.8 Å². The number of benzene rings is 1. The number of nitrogens with zero attached hydrogens (tertiary/aromatic N) is 1. The molecule has 1 heterocycles. The summed E-state index contributed by atoms with van der Waals surface area (Å²) in [5.74, 6) is -0.692. The Kier molecular flexibility index (Phi) is 3.59. The zero-order valence-corrected chi connectivity index (χ0v) is 9.37. The third-order valence-corrected chi connectivity index (χ3v) is 2.23. The Morgan fingerprint density at radius 2 is 2.06 bits per heavy atom. The van der Waals surface area contributed by atoms with Crippen LogP contribution >= 0.6 is 0 Å². The topological polar surface area (TPSA) is 92.8 Å². The largest absolute Gasteiger partial charge is 0.476 e. The van der Waals surface area contributed by atoms with Crippen LogP contribution in [0.2, 0.25) is 0 Å². The number of aliphatic hydroxyl groups is 1. The van der Waals surface area contributed by atoms with Crippen molar-refractivity contribution >= 4 is 5.97 Å². The summed E-state index contributed by atoms with van der Waals surface area (Å²) in [5, 5.41) is 17.4. The summed E-state index contributed by atoms with van der Waals surface area (Å²) in [6.45, 7) is 0.0852. The third-order valence-electron chi connectivity index (χ3n) is 2.23. The number of hydrogen-bond acceptors (Lipinski definition) is 5. The molecule has 0 amide bonds. The first kappa shape index (κ1) is 12.1. The van der Waals surface area contributed by atoms with Crippen molar-refractivity contribution in [1.29, 1.82) is 0 Å². The van der Waals surface area contributed by atoms with Gasteiger partial charge >= 0.3 is 12.0 Å². The fraction of sp³-hybridized carbons (Fsp3) is 0.167. The summed E-state index contributed by atoms with van der Waals surface area (Å²) < 4.78 is 10.1. The summed E-state index contributed by atoms with van der Waals surface area (Å²) in [5.41, 5.74) is 0.769. The van der Waals surface area contributed by atoms with Crippen molar-refractivity contribution in [3.8, 4) is 11.8 Å². The first-order valence-electron chi connectivity index (χ1n) is 5.25. The molecule has 0 fully saturated rings. The lowest BCUT2D eigenvalue weighted by molar-refractivity contribution is 0.0690. The molecular weight excluding hydrogens is 238 g/mol. The number of carbonyl (C=O) groups is 1. The lowest BCUT2D eigenvalue weighted by Crippen LogP contribution is -1.96. The molecule has 0 aliphatic carbocycles. The van der Waals surface area contributed by atoms with Gasteiger partial charge < -0.3 is 19.4 Å². The van der Waals surface area contributed by atoms with E-state index >= 15 is 0 Å². The van der Waals surface area contributed by atoms with Gasteiger partial charge in [-0.3, -0.25) is 0 Å². The predicted octanol–water partition coefficient (Wildman–Crippen LogP) is 1.70. The number of aromatic carboxylic acids is 1. The molecular formula is C12H11NO5. The van der Waals surface area contributed by atoms with Crippen molar-refractivity contribution in [3.63, 3.8) is 0 Å². The lowest BCUT2D eigenvalue weighted by Gasteiger charge is -2.02. The molecule has 0 spiro atoms. The van der Waals surface area contributed by atoms with Gasteiger partial charge in [-0.05, 0) is 24.1 Å². The average molecular weight is 249 g/mol. The molecule has 0 saturated carbocycles. The van der Waals surface area contributed by atoms with E-state index < -0.39 is 5.97 Å². The highest BCUT2D eigenvalue weighted by molar-refractivity contribution is 5.84. The van der Waals surface area contributed by atoms with E-state index in [0.29, 0.717) is 12.2 Å². The molecule has 0 saturated heterocycles. The number of carboxylic acid groups (broad SMARTS) is 1. The Morgan fingerprint density at radius 3 is 2.61 bits per heavy atom. The van der Waals surface area contributed by atoms with Gasteiger partial charge in [0.05, 0.1) is 0 Å². The second-order valence-electron chi connectivity index (χ2n) is 3.52. The van der Waals surface area contributed by atoms with E-state index in [1.807, 2.05) is 0 Å². The molecule has 6 heteroatoms. The second-order valence-corrected chi connectivity index (χ2v) is 3.52. The van der Waals surface area contributed by atoms with E-state index in [9.17, 15) is 4.79 Å². The molecule has 0 aliphatic heterocycles. The van der Waals surface area contributed by atoms with Crippen molar-refractivity contribution < 1.29 is 24.2 Å². The third kappa shape index (κ3) is 2.86. The molecule has 0 radical (unpaired) electrons. The fourth-order valence-corrected chi connectivity index (χ4v) is 1.36. The van der Waals surface area contributed by atoms with Crippen LogP contribution in [-0.2, 0) is 6.42 Å². The predicted molar refractivity (Wildman–Crippen MR) is 60.8 cm³/mol. The summed E-state index contributed by atoms with van der Waals surface area (Å²) in [4.78, 5) is 14.2. The number of ether oxygens (including phenoxy) is 1. The number of rotatable bonds is 5. The second kappa shape index (κ2) is 5.33. The van der Waals surface area contributed by atoms with Crippen molar-refractivity contribution in [1.82, 2.24) is 4.98 Å². The van der Waals surface area contributed by atoms with Crippen molar-refractivity contribution in [2.45, 2.75) is 6.42 Å². The van der Waals surface area contributed by atoms with E-state index in [1.54, 1.807) is 24.3 Å². The molecule has 0 atom stereocenters. The molecule has 0 bridgehead atoms. The molecule has 2 N–H and O–H groups in total. The summed E-state index contributed by atoms with van der Waals surface area (Å²) >= 11 is 0. The van der Waals surface area contributed by atoms with Gasteiger partial charge in [-0.25, -0.2) is 4.79 Å². The molecule has 0 aliphatic rings. The maximum atomic E-state index is 10.6. The minimum atomic E-state index is -1.17. The van der Waals surface area contributed by atoms with Crippen LogP contribution in [-0.4, -0.2) is 27.8 Å². The highest BCUT2D eigenvalue weighted by Crippen LogP contribution is 2.21. The Balaban J connectivity index is 2.06. The van der Waals surface area contributed by atoms with Crippen LogP contribution < -0.4 is 4.74 Å². The molecule has 0 unspecified atom stereocenters. The van der Waals surface area contributed by atoms with Crippen LogP contribution in [0.4, 0.5) is 0 Å². The lowest BCUT2D eigenvalue weighted by atomic mass is 10.1. The van der Waals surface area contributed by atoms with Crippen LogP contribution in [0.25, 0.3) is 0 Å². The highest BCUT2D eigenvalue weighted by atomic mass is 16.6. The van der Waals surface area contributed by atoms with Crippen molar-refractivity contribution in [2.75, 3.05) is 6.61 Å². The molecule has 1 aromatic heterocycles. The van der Waals surface area contributed by atoms with E-state index in [-0.39, 0.29) is 18.4 Å². The van der Waals surface area contributed by atoms with Crippen LogP contribution in [0.3, 0.4) is 0 Å². The molecule has 18 heavy (non-hydrogen) atoms. The Morgan fingerprint density at radius 1 is 1.33 bits per heavy atom. The number of aromatic nitrogens is 1. The minimum absolute atomic E-state index is 0.0852. The van der Waals surface area contributed by atoms with Crippen LogP contribution in [0.1, 0.15) is 16.1 Å².